The van der Waals surface area contributed by atoms with Gasteiger partial charge in [-0.1, -0.05) is 81.0 Å². The van der Waals surface area contributed by atoms with Gasteiger partial charge in [0.1, 0.15) is 0 Å². The summed E-state index contributed by atoms with van der Waals surface area (Å²) >= 11 is 0. The lowest BCUT2D eigenvalue weighted by atomic mass is 9.81. The summed E-state index contributed by atoms with van der Waals surface area (Å²) in [6.45, 7) is 9.78. The summed E-state index contributed by atoms with van der Waals surface area (Å²) in [5.74, 6) is 1.53. The van der Waals surface area contributed by atoms with Gasteiger partial charge in [0.25, 0.3) is 0 Å². The summed E-state index contributed by atoms with van der Waals surface area (Å²) in [4.78, 5) is 2.73. The minimum absolute atomic E-state index is 0.682. The summed E-state index contributed by atoms with van der Waals surface area (Å²) in [7, 11) is 0. The molecule has 0 bridgehead atoms. The van der Waals surface area contributed by atoms with Crippen LogP contribution in [0.25, 0.3) is 27.7 Å². The second kappa shape index (κ2) is 9.29. The largest absolute Gasteiger partial charge is 0.369 e. The van der Waals surface area contributed by atoms with Gasteiger partial charge in [-0.05, 0) is 67.7 Å². The fourth-order valence-corrected chi connectivity index (χ4v) is 7.13. The number of fused-ring (bicyclic) bond motifs is 5. The normalized spacial score (nSPS) is 19.6. The molecule has 1 aromatic heterocycles. The molecule has 6 rings (SSSR count). The Morgan fingerprint density at radius 2 is 1.62 bits per heavy atom. The Kier molecular flexibility index (Phi) is 6.01. The third-order valence-corrected chi connectivity index (χ3v) is 8.91. The standard InChI is InChI=1S/C32H40N2/c1-23(2)26-17-18-27-30(21-26)34-20-19-33(22-24-11-5-3-6-12-24)29-16-10-9-15-28(29)32(34)31(27)25-13-7-4-8-14-25/h9-10,15-18,21,24-25H,1,3-8,11-14,19-20,22H2,2H3. The molecule has 34 heavy (non-hydrogen) atoms. The van der Waals surface area contributed by atoms with Crippen LogP contribution < -0.4 is 4.90 Å². The predicted octanol–water partition coefficient (Wildman–Crippen LogP) is 8.79. The van der Waals surface area contributed by atoms with Crippen LogP contribution in [0, 0.1) is 5.92 Å². The van der Waals surface area contributed by atoms with Gasteiger partial charge in [0.15, 0.2) is 0 Å². The van der Waals surface area contributed by atoms with Crippen LogP contribution in [0.1, 0.15) is 88.2 Å². The predicted molar refractivity (Wildman–Crippen MR) is 147 cm³/mol. The Hall–Kier alpha value is -2.48. The van der Waals surface area contributed by atoms with Gasteiger partial charge in [0, 0.05) is 41.8 Å². The lowest BCUT2D eigenvalue weighted by Crippen LogP contribution is -2.32. The van der Waals surface area contributed by atoms with Gasteiger partial charge in [-0.3, -0.25) is 0 Å². The van der Waals surface area contributed by atoms with Gasteiger partial charge in [-0.2, -0.15) is 0 Å². The van der Waals surface area contributed by atoms with E-state index in [4.69, 9.17) is 0 Å². The first-order valence-electron chi connectivity index (χ1n) is 13.9. The fraction of sp³-hybridized carbons (Fsp3) is 0.500. The molecule has 0 radical (unpaired) electrons. The maximum Gasteiger partial charge on any atom is 0.0548 e. The molecule has 0 amide bonds. The number of benzene rings is 2. The molecule has 1 aliphatic heterocycles. The molecule has 0 atom stereocenters. The van der Waals surface area contributed by atoms with E-state index in [0.29, 0.717) is 5.92 Å². The van der Waals surface area contributed by atoms with E-state index in [9.17, 15) is 0 Å². The monoisotopic (exact) mass is 452 g/mol. The maximum absolute atomic E-state index is 4.25. The summed E-state index contributed by atoms with van der Waals surface area (Å²) < 4.78 is 2.69. The molecule has 2 heteroatoms. The van der Waals surface area contributed by atoms with Crippen molar-refractivity contribution in [2.24, 2.45) is 5.92 Å². The van der Waals surface area contributed by atoms with Gasteiger partial charge < -0.3 is 9.47 Å². The second-order valence-corrected chi connectivity index (χ2v) is 11.2. The molecule has 3 aromatic rings. The van der Waals surface area contributed by atoms with Crippen molar-refractivity contribution in [1.82, 2.24) is 4.57 Å². The van der Waals surface area contributed by atoms with Crippen molar-refractivity contribution in [2.45, 2.75) is 83.6 Å². The van der Waals surface area contributed by atoms with Crippen molar-refractivity contribution in [1.29, 1.82) is 0 Å². The van der Waals surface area contributed by atoms with Gasteiger partial charge in [-0.15, -0.1) is 0 Å². The number of hydrogen-bond donors (Lipinski definition) is 0. The van der Waals surface area contributed by atoms with Crippen LogP contribution in [-0.4, -0.2) is 17.7 Å². The molecule has 2 fully saturated rings. The van der Waals surface area contributed by atoms with Crippen molar-refractivity contribution in [2.75, 3.05) is 18.0 Å². The van der Waals surface area contributed by atoms with Crippen LogP contribution >= 0.6 is 0 Å². The number of nitrogens with zero attached hydrogens (tertiary/aromatic N) is 2. The molecule has 2 aliphatic carbocycles. The Balaban J connectivity index is 1.52. The van der Waals surface area contributed by atoms with Crippen LogP contribution in [0.2, 0.25) is 0 Å². The van der Waals surface area contributed by atoms with Crippen LogP contribution in [-0.2, 0) is 6.54 Å². The molecule has 2 nitrogen and oxygen atoms in total. The van der Waals surface area contributed by atoms with Crippen molar-refractivity contribution in [3.8, 4) is 11.3 Å². The lowest BCUT2D eigenvalue weighted by molar-refractivity contribution is 0.357. The van der Waals surface area contributed by atoms with Crippen molar-refractivity contribution in [3.05, 3.63) is 60.2 Å². The zero-order valence-electron chi connectivity index (χ0n) is 21.0. The van der Waals surface area contributed by atoms with E-state index in [-0.39, 0.29) is 0 Å². The molecular weight excluding hydrogens is 412 g/mol. The molecular formula is C32H40N2. The molecule has 3 aliphatic rings. The van der Waals surface area contributed by atoms with E-state index >= 15 is 0 Å². The van der Waals surface area contributed by atoms with Crippen molar-refractivity contribution in [3.63, 3.8) is 0 Å². The van der Waals surface area contributed by atoms with Crippen LogP contribution in [0.4, 0.5) is 5.69 Å². The first-order chi connectivity index (χ1) is 16.7. The smallest absolute Gasteiger partial charge is 0.0548 e. The molecule has 178 valence electrons. The highest BCUT2D eigenvalue weighted by molar-refractivity contribution is 5.97. The third-order valence-electron chi connectivity index (χ3n) is 8.91. The highest BCUT2D eigenvalue weighted by atomic mass is 15.2. The minimum atomic E-state index is 0.682. The van der Waals surface area contributed by atoms with E-state index in [1.54, 1.807) is 5.56 Å². The lowest BCUT2D eigenvalue weighted by Gasteiger charge is -2.31. The minimum Gasteiger partial charge on any atom is -0.369 e. The SMILES string of the molecule is C=C(C)c1ccc2c(C3CCCCC3)c3n(c2c1)CCN(CC1CCCCC1)c1ccccc1-3. The van der Waals surface area contributed by atoms with Crippen LogP contribution in [0.15, 0.2) is 49.0 Å². The highest BCUT2D eigenvalue weighted by Gasteiger charge is 2.31. The van der Waals surface area contributed by atoms with Gasteiger partial charge >= 0.3 is 0 Å². The first kappa shape index (κ1) is 22.0. The van der Waals surface area contributed by atoms with E-state index in [0.717, 1.165) is 24.6 Å². The average Bonchev–Trinajstić information content (AvgIpc) is 3.12. The Labute approximate surface area is 205 Å². The average molecular weight is 453 g/mol. The number of aromatic nitrogens is 1. The zero-order valence-corrected chi connectivity index (χ0v) is 21.0. The zero-order chi connectivity index (χ0) is 23.1. The molecule has 0 N–H and O–H groups in total. The summed E-state index contributed by atoms with van der Waals surface area (Å²) in [6, 6.07) is 16.5. The van der Waals surface area contributed by atoms with Gasteiger partial charge in [-0.25, -0.2) is 0 Å². The number of para-hydroxylation sites is 1. The van der Waals surface area contributed by atoms with Crippen molar-refractivity contribution < 1.29 is 0 Å². The third kappa shape index (κ3) is 3.89. The fourth-order valence-electron chi connectivity index (χ4n) is 7.13. The number of hydrogen-bond acceptors (Lipinski definition) is 1. The van der Waals surface area contributed by atoms with Gasteiger partial charge in [0.2, 0.25) is 0 Å². The number of rotatable bonds is 4. The topological polar surface area (TPSA) is 8.17 Å². The van der Waals surface area contributed by atoms with E-state index < -0.39 is 0 Å². The maximum atomic E-state index is 4.25. The molecule has 2 saturated carbocycles. The Morgan fingerprint density at radius 1 is 0.882 bits per heavy atom. The van der Waals surface area contributed by atoms with Crippen molar-refractivity contribution >= 4 is 22.2 Å². The molecule has 2 heterocycles. The number of anilines is 1. The summed E-state index contributed by atoms with van der Waals surface area (Å²) in [6.07, 6.45) is 13.9. The molecule has 2 aromatic carbocycles. The van der Waals surface area contributed by atoms with Crippen LogP contribution in [0.5, 0.6) is 0 Å². The summed E-state index contributed by atoms with van der Waals surface area (Å²) in [5.41, 5.74) is 9.93. The molecule has 0 unspecified atom stereocenters. The van der Waals surface area contributed by atoms with E-state index in [2.05, 4.69) is 65.4 Å². The quantitative estimate of drug-likeness (QED) is 0.384. The van der Waals surface area contributed by atoms with Gasteiger partial charge in [0.05, 0.1) is 5.69 Å². The Morgan fingerprint density at radius 3 is 2.38 bits per heavy atom. The van der Waals surface area contributed by atoms with E-state index in [1.807, 2.05) is 0 Å². The first-order valence-corrected chi connectivity index (χ1v) is 13.9. The Bertz CT molecular complexity index is 1190. The molecule has 0 spiro atoms. The van der Waals surface area contributed by atoms with E-state index in [1.165, 1.54) is 104 Å². The second-order valence-electron chi connectivity index (χ2n) is 11.2. The highest BCUT2D eigenvalue weighted by Crippen LogP contribution is 2.47. The summed E-state index contributed by atoms with van der Waals surface area (Å²) in [5, 5.41) is 1.49. The molecule has 0 saturated heterocycles. The van der Waals surface area contributed by atoms with Crippen LogP contribution in [0.3, 0.4) is 0 Å². The number of allylic oxidation sites excluding steroid dienone is 1.